The number of hydrogen-bond acceptors (Lipinski definition) is 3. The van der Waals surface area contributed by atoms with E-state index < -0.39 is 0 Å². The lowest BCUT2D eigenvalue weighted by Crippen LogP contribution is -2.29. The zero-order chi connectivity index (χ0) is 10.9. The fourth-order valence-corrected chi connectivity index (χ4v) is 0.980. The highest BCUT2D eigenvalue weighted by Gasteiger charge is 2.02. The SMILES string of the molecule is C#CCCCCNC(=O)Nc1ncco1. The van der Waals surface area contributed by atoms with Gasteiger partial charge in [-0.05, 0) is 12.8 Å². The highest BCUT2D eigenvalue weighted by molar-refractivity contribution is 5.86. The maximum absolute atomic E-state index is 11.2. The standard InChI is InChI=1S/C10H13N3O2/c1-2-3-4-5-6-11-9(14)13-10-12-7-8-15-10/h1,7-8H,3-6H2,(H2,11,12,13,14). The predicted octanol–water partition coefficient (Wildman–Crippen LogP) is 1.60. The van der Waals surface area contributed by atoms with Crippen molar-refractivity contribution in [3.8, 4) is 12.3 Å². The molecule has 2 N–H and O–H groups in total. The lowest BCUT2D eigenvalue weighted by molar-refractivity contribution is 0.251. The fourth-order valence-electron chi connectivity index (χ4n) is 0.980. The Morgan fingerprint density at radius 3 is 3.13 bits per heavy atom. The van der Waals surface area contributed by atoms with Crippen molar-refractivity contribution in [1.29, 1.82) is 0 Å². The number of carbonyl (C=O) groups is 1. The van der Waals surface area contributed by atoms with Crippen molar-refractivity contribution in [2.24, 2.45) is 0 Å². The molecule has 0 aliphatic rings. The molecule has 0 saturated heterocycles. The number of nitrogens with one attached hydrogen (secondary N) is 2. The number of oxazole rings is 1. The van der Waals surface area contributed by atoms with E-state index in [1.54, 1.807) is 0 Å². The number of nitrogens with zero attached hydrogens (tertiary/aromatic N) is 1. The highest BCUT2D eigenvalue weighted by atomic mass is 16.4. The molecule has 2 amide bonds. The number of carbonyl (C=O) groups excluding carboxylic acids is 1. The summed E-state index contributed by atoms with van der Waals surface area (Å²) in [7, 11) is 0. The number of urea groups is 1. The van der Waals surface area contributed by atoms with Gasteiger partial charge in [-0.15, -0.1) is 12.3 Å². The fraction of sp³-hybridized carbons (Fsp3) is 0.400. The first-order valence-corrected chi connectivity index (χ1v) is 4.70. The van der Waals surface area contributed by atoms with Crippen LogP contribution in [0, 0.1) is 12.3 Å². The van der Waals surface area contributed by atoms with Gasteiger partial charge in [-0.1, -0.05) is 0 Å². The van der Waals surface area contributed by atoms with E-state index in [-0.39, 0.29) is 12.0 Å². The molecular weight excluding hydrogens is 194 g/mol. The number of terminal acetylenes is 1. The quantitative estimate of drug-likeness (QED) is 0.569. The van der Waals surface area contributed by atoms with E-state index in [1.165, 1.54) is 12.5 Å². The van der Waals surface area contributed by atoms with Crippen LogP contribution < -0.4 is 10.6 Å². The molecule has 0 radical (unpaired) electrons. The minimum atomic E-state index is -0.321. The third kappa shape index (κ3) is 4.72. The molecule has 0 aliphatic heterocycles. The Kier molecular flexibility index (Phi) is 4.81. The van der Waals surface area contributed by atoms with E-state index in [1.807, 2.05) is 0 Å². The molecule has 0 spiro atoms. The van der Waals surface area contributed by atoms with Gasteiger partial charge in [0.05, 0.1) is 6.20 Å². The molecule has 5 nitrogen and oxygen atoms in total. The van der Waals surface area contributed by atoms with Gasteiger partial charge in [0, 0.05) is 13.0 Å². The molecule has 0 bridgehead atoms. The molecule has 5 heteroatoms. The third-order valence-electron chi connectivity index (χ3n) is 1.69. The third-order valence-corrected chi connectivity index (χ3v) is 1.69. The van der Waals surface area contributed by atoms with Crippen LogP contribution in [0.3, 0.4) is 0 Å². The maximum atomic E-state index is 11.2. The number of anilines is 1. The number of aromatic nitrogens is 1. The average molecular weight is 207 g/mol. The molecular formula is C10H13N3O2. The second-order valence-corrected chi connectivity index (χ2v) is 2.88. The van der Waals surface area contributed by atoms with Gasteiger partial charge in [-0.25, -0.2) is 9.78 Å². The molecule has 0 atom stereocenters. The van der Waals surface area contributed by atoms with E-state index in [0.29, 0.717) is 6.54 Å². The second-order valence-electron chi connectivity index (χ2n) is 2.88. The molecule has 1 rings (SSSR count). The summed E-state index contributed by atoms with van der Waals surface area (Å²) in [5, 5.41) is 5.11. The molecule has 0 unspecified atom stereocenters. The summed E-state index contributed by atoms with van der Waals surface area (Å²) in [6, 6.07) is -0.130. The predicted molar refractivity (Wildman–Crippen MR) is 56.2 cm³/mol. The van der Waals surface area contributed by atoms with Gasteiger partial charge >= 0.3 is 12.0 Å². The largest absolute Gasteiger partial charge is 0.432 e. The van der Waals surface area contributed by atoms with Gasteiger partial charge in [-0.2, -0.15) is 0 Å². The number of hydrogen-bond donors (Lipinski definition) is 2. The number of unbranched alkanes of at least 4 members (excludes halogenated alkanes) is 2. The van der Waals surface area contributed by atoms with Crippen LogP contribution in [-0.4, -0.2) is 17.6 Å². The van der Waals surface area contributed by atoms with Crippen molar-refractivity contribution in [2.45, 2.75) is 19.3 Å². The Bertz CT molecular complexity index is 327. The lowest BCUT2D eigenvalue weighted by atomic mass is 10.2. The van der Waals surface area contributed by atoms with Gasteiger partial charge in [0.15, 0.2) is 0 Å². The molecule has 15 heavy (non-hydrogen) atoms. The van der Waals surface area contributed by atoms with Crippen LogP contribution >= 0.6 is 0 Å². The Hall–Kier alpha value is -1.96. The maximum Gasteiger partial charge on any atom is 0.322 e. The zero-order valence-electron chi connectivity index (χ0n) is 8.32. The highest BCUT2D eigenvalue weighted by Crippen LogP contribution is 2.00. The van der Waals surface area contributed by atoms with E-state index in [9.17, 15) is 4.79 Å². The van der Waals surface area contributed by atoms with Crippen molar-refractivity contribution in [1.82, 2.24) is 10.3 Å². The first-order chi connectivity index (χ1) is 7.33. The van der Waals surface area contributed by atoms with Gasteiger partial charge in [0.1, 0.15) is 6.26 Å². The Morgan fingerprint density at radius 2 is 2.47 bits per heavy atom. The molecule has 0 fully saturated rings. The Labute approximate surface area is 88.3 Å². The average Bonchev–Trinajstić information content (AvgIpc) is 2.70. The van der Waals surface area contributed by atoms with Gasteiger partial charge in [0.2, 0.25) is 0 Å². The van der Waals surface area contributed by atoms with Crippen LogP contribution in [0.15, 0.2) is 16.9 Å². The smallest absolute Gasteiger partial charge is 0.322 e. The van der Waals surface area contributed by atoms with Gasteiger partial charge < -0.3 is 9.73 Å². The summed E-state index contributed by atoms with van der Waals surface area (Å²) in [4.78, 5) is 14.9. The van der Waals surface area contributed by atoms with Crippen LogP contribution in [0.25, 0.3) is 0 Å². The van der Waals surface area contributed by atoms with E-state index >= 15 is 0 Å². The van der Waals surface area contributed by atoms with E-state index in [0.717, 1.165) is 19.3 Å². The van der Waals surface area contributed by atoms with Gasteiger partial charge in [0.25, 0.3) is 0 Å². The van der Waals surface area contributed by atoms with Crippen LogP contribution in [-0.2, 0) is 0 Å². The first-order valence-electron chi connectivity index (χ1n) is 4.70. The lowest BCUT2D eigenvalue weighted by Gasteiger charge is -2.03. The minimum Gasteiger partial charge on any atom is -0.432 e. The molecule has 0 aromatic carbocycles. The molecule has 0 aliphatic carbocycles. The van der Waals surface area contributed by atoms with E-state index in [2.05, 4.69) is 21.5 Å². The molecule has 1 heterocycles. The van der Waals surface area contributed by atoms with Crippen molar-refractivity contribution < 1.29 is 9.21 Å². The van der Waals surface area contributed by atoms with Crippen LogP contribution in [0.4, 0.5) is 10.8 Å². The van der Waals surface area contributed by atoms with Crippen LogP contribution in [0.2, 0.25) is 0 Å². The zero-order valence-corrected chi connectivity index (χ0v) is 8.32. The summed E-state index contributed by atoms with van der Waals surface area (Å²) in [6.45, 7) is 0.591. The Morgan fingerprint density at radius 1 is 1.60 bits per heavy atom. The molecule has 0 saturated carbocycles. The summed E-state index contributed by atoms with van der Waals surface area (Å²) in [6.07, 6.45) is 10.5. The number of amides is 2. The molecule has 80 valence electrons. The monoisotopic (exact) mass is 207 g/mol. The normalized spacial score (nSPS) is 9.27. The van der Waals surface area contributed by atoms with Crippen LogP contribution in [0.1, 0.15) is 19.3 Å². The minimum absolute atomic E-state index is 0.191. The summed E-state index contributed by atoms with van der Waals surface area (Å²) in [5.74, 6) is 2.54. The Balaban J connectivity index is 2.07. The van der Waals surface area contributed by atoms with Gasteiger partial charge in [-0.3, -0.25) is 5.32 Å². The molecule has 1 aromatic heterocycles. The van der Waals surface area contributed by atoms with Crippen molar-refractivity contribution in [3.05, 3.63) is 12.5 Å². The summed E-state index contributed by atoms with van der Waals surface area (Å²) in [5.41, 5.74) is 0. The topological polar surface area (TPSA) is 67.2 Å². The van der Waals surface area contributed by atoms with Crippen molar-refractivity contribution in [2.75, 3.05) is 11.9 Å². The summed E-state index contributed by atoms with van der Waals surface area (Å²) >= 11 is 0. The molecule has 1 aromatic rings. The van der Waals surface area contributed by atoms with Crippen LogP contribution in [0.5, 0.6) is 0 Å². The van der Waals surface area contributed by atoms with Crippen molar-refractivity contribution >= 4 is 12.0 Å². The summed E-state index contributed by atoms with van der Waals surface area (Å²) < 4.78 is 4.84. The van der Waals surface area contributed by atoms with E-state index in [4.69, 9.17) is 10.8 Å². The second kappa shape index (κ2) is 6.49. The van der Waals surface area contributed by atoms with Crippen molar-refractivity contribution in [3.63, 3.8) is 0 Å². The number of rotatable bonds is 5. The first kappa shape index (κ1) is 11.1.